The van der Waals surface area contributed by atoms with Crippen molar-refractivity contribution in [2.75, 3.05) is 0 Å². The number of aromatic amines is 1. The number of hydrogen-bond acceptors (Lipinski definition) is 2. The van der Waals surface area contributed by atoms with E-state index in [1.807, 2.05) is 68.4 Å². The number of hydrogen-bond donors (Lipinski definition) is 2. The zero-order valence-electron chi connectivity index (χ0n) is 13.2. The molecule has 1 aromatic heterocycles. The Balaban J connectivity index is 1.74. The number of amides is 1. The van der Waals surface area contributed by atoms with Crippen LogP contribution in [0.1, 0.15) is 34.6 Å². The van der Waals surface area contributed by atoms with Crippen molar-refractivity contribution in [1.29, 1.82) is 0 Å². The highest BCUT2D eigenvalue weighted by atomic mass is 16.2. The van der Waals surface area contributed by atoms with Crippen LogP contribution >= 0.6 is 0 Å². The third-order valence-electron chi connectivity index (χ3n) is 3.89. The fourth-order valence-electron chi connectivity index (χ4n) is 2.62. The minimum Gasteiger partial charge on any atom is -0.344 e. The van der Waals surface area contributed by atoms with Gasteiger partial charge in [0.25, 0.3) is 5.91 Å². The van der Waals surface area contributed by atoms with E-state index in [0.29, 0.717) is 5.69 Å². The molecule has 3 rings (SSSR count). The van der Waals surface area contributed by atoms with Crippen LogP contribution < -0.4 is 5.32 Å². The molecule has 0 fully saturated rings. The summed E-state index contributed by atoms with van der Waals surface area (Å²) in [7, 11) is 0. The first-order chi connectivity index (χ1) is 11.1. The van der Waals surface area contributed by atoms with Gasteiger partial charge in [-0.15, -0.1) is 0 Å². The standard InChI is InChI=1S/C19H19N3O/c1-13-8-6-7-11-16(13)14(2)20-19(23)18-12-17(21-22-18)15-9-4-3-5-10-15/h3-12,14H,1-2H3,(H,20,23)(H,21,22)/t14-/m0/s1. The van der Waals surface area contributed by atoms with Crippen molar-refractivity contribution in [3.05, 3.63) is 77.5 Å². The highest BCUT2D eigenvalue weighted by molar-refractivity contribution is 5.93. The smallest absolute Gasteiger partial charge is 0.269 e. The monoisotopic (exact) mass is 305 g/mol. The van der Waals surface area contributed by atoms with Crippen LogP contribution in [0.25, 0.3) is 11.3 Å². The molecule has 4 heteroatoms. The lowest BCUT2D eigenvalue weighted by molar-refractivity contribution is 0.0934. The van der Waals surface area contributed by atoms with E-state index in [4.69, 9.17) is 0 Å². The molecule has 0 saturated heterocycles. The average Bonchev–Trinajstić information content (AvgIpc) is 3.06. The Morgan fingerprint density at radius 3 is 2.52 bits per heavy atom. The van der Waals surface area contributed by atoms with E-state index in [-0.39, 0.29) is 11.9 Å². The molecule has 0 aliphatic carbocycles. The minimum absolute atomic E-state index is 0.0628. The van der Waals surface area contributed by atoms with Crippen molar-refractivity contribution >= 4 is 5.91 Å². The van der Waals surface area contributed by atoms with E-state index in [1.54, 1.807) is 6.07 Å². The highest BCUT2D eigenvalue weighted by Crippen LogP contribution is 2.19. The maximum absolute atomic E-state index is 12.4. The van der Waals surface area contributed by atoms with Crippen LogP contribution in [0.3, 0.4) is 0 Å². The van der Waals surface area contributed by atoms with Gasteiger partial charge in [0.2, 0.25) is 0 Å². The summed E-state index contributed by atoms with van der Waals surface area (Å²) < 4.78 is 0. The van der Waals surface area contributed by atoms with E-state index in [2.05, 4.69) is 15.5 Å². The Labute approximate surface area is 135 Å². The van der Waals surface area contributed by atoms with Crippen LogP contribution in [0, 0.1) is 6.92 Å². The zero-order valence-corrected chi connectivity index (χ0v) is 13.2. The number of nitrogens with zero attached hydrogens (tertiary/aromatic N) is 1. The third kappa shape index (κ3) is 3.31. The van der Waals surface area contributed by atoms with Crippen LogP contribution in [0.15, 0.2) is 60.7 Å². The molecule has 0 spiro atoms. The van der Waals surface area contributed by atoms with Gasteiger partial charge < -0.3 is 5.32 Å². The number of carbonyl (C=O) groups is 1. The summed E-state index contributed by atoms with van der Waals surface area (Å²) in [5, 5.41) is 10.0. The molecule has 1 heterocycles. The molecule has 23 heavy (non-hydrogen) atoms. The Morgan fingerprint density at radius 2 is 1.78 bits per heavy atom. The Morgan fingerprint density at radius 1 is 1.09 bits per heavy atom. The van der Waals surface area contributed by atoms with Crippen molar-refractivity contribution in [2.45, 2.75) is 19.9 Å². The first-order valence-corrected chi connectivity index (χ1v) is 7.62. The zero-order chi connectivity index (χ0) is 16.2. The van der Waals surface area contributed by atoms with Gasteiger partial charge in [0.1, 0.15) is 5.69 Å². The van der Waals surface area contributed by atoms with Gasteiger partial charge in [-0.1, -0.05) is 54.6 Å². The molecule has 116 valence electrons. The molecule has 4 nitrogen and oxygen atoms in total. The highest BCUT2D eigenvalue weighted by Gasteiger charge is 2.15. The molecule has 1 atom stereocenters. The third-order valence-corrected chi connectivity index (χ3v) is 3.89. The molecule has 0 aliphatic rings. The number of nitrogens with one attached hydrogen (secondary N) is 2. The first-order valence-electron chi connectivity index (χ1n) is 7.62. The van der Waals surface area contributed by atoms with Gasteiger partial charge in [0.05, 0.1) is 11.7 Å². The number of aromatic nitrogens is 2. The summed E-state index contributed by atoms with van der Waals surface area (Å²) in [5.41, 5.74) is 4.48. The fraction of sp³-hybridized carbons (Fsp3) is 0.158. The van der Waals surface area contributed by atoms with Crippen LogP contribution in [0.4, 0.5) is 0 Å². The van der Waals surface area contributed by atoms with E-state index >= 15 is 0 Å². The van der Waals surface area contributed by atoms with Crippen LogP contribution in [0.5, 0.6) is 0 Å². The number of rotatable bonds is 4. The van der Waals surface area contributed by atoms with Crippen molar-refractivity contribution in [3.63, 3.8) is 0 Å². The fourth-order valence-corrected chi connectivity index (χ4v) is 2.62. The summed E-state index contributed by atoms with van der Waals surface area (Å²) in [4.78, 5) is 12.4. The predicted octanol–water partition coefficient (Wildman–Crippen LogP) is 3.88. The largest absolute Gasteiger partial charge is 0.344 e. The topological polar surface area (TPSA) is 57.8 Å². The van der Waals surface area contributed by atoms with Crippen LogP contribution in [0.2, 0.25) is 0 Å². The number of H-pyrrole nitrogens is 1. The lowest BCUT2D eigenvalue weighted by Crippen LogP contribution is -2.27. The van der Waals surface area contributed by atoms with E-state index in [1.165, 1.54) is 0 Å². The van der Waals surface area contributed by atoms with Crippen molar-refractivity contribution < 1.29 is 4.79 Å². The first kappa shape index (κ1) is 15.0. The molecular formula is C19H19N3O. The summed E-state index contributed by atoms with van der Waals surface area (Å²) in [6.45, 7) is 4.02. The van der Waals surface area contributed by atoms with Gasteiger partial charge in [-0.25, -0.2) is 0 Å². The number of aryl methyl sites for hydroxylation is 1. The Kier molecular flexibility index (Phi) is 4.24. The quantitative estimate of drug-likeness (QED) is 0.768. The lowest BCUT2D eigenvalue weighted by Gasteiger charge is -2.15. The second kappa shape index (κ2) is 6.48. The minimum atomic E-state index is -0.157. The van der Waals surface area contributed by atoms with Gasteiger partial charge in [0, 0.05) is 5.56 Å². The van der Waals surface area contributed by atoms with Crippen molar-refractivity contribution in [3.8, 4) is 11.3 Å². The Hall–Kier alpha value is -2.88. The van der Waals surface area contributed by atoms with Crippen molar-refractivity contribution in [1.82, 2.24) is 15.5 Å². The molecule has 0 aliphatic heterocycles. The summed E-state index contributed by atoms with van der Waals surface area (Å²) >= 11 is 0. The van der Waals surface area contributed by atoms with Gasteiger partial charge in [-0.2, -0.15) is 5.10 Å². The van der Waals surface area contributed by atoms with E-state index < -0.39 is 0 Å². The van der Waals surface area contributed by atoms with Crippen LogP contribution in [-0.2, 0) is 0 Å². The number of carbonyl (C=O) groups excluding carboxylic acids is 1. The molecule has 3 aromatic rings. The normalized spacial score (nSPS) is 11.9. The molecule has 0 bridgehead atoms. The second-order valence-electron chi connectivity index (χ2n) is 5.58. The molecule has 0 radical (unpaired) electrons. The molecule has 0 unspecified atom stereocenters. The van der Waals surface area contributed by atoms with E-state index in [0.717, 1.165) is 22.4 Å². The van der Waals surface area contributed by atoms with Gasteiger partial charge >= 0.3 is 0 Å². The molecule has 1 amide bonds. The lowest BCUT2D eigenvalue weighted by atomic mass is 10.0. The van der Waals surface area contributed by atoms with Gasteiger partial charge in [0.15, 0.2) is 0 Å². The van der Waals surface area contributed by atoms with Crippen molar-refractivity contribution in [2.24, 2.45) is 0 Å². The Bertz CT molecular complexity index is 808. The second-order valence-corrected chi connectivity index (χ2v) is 5.58. The maximum Gasteiger partial charge on any atom is 0.269 e. The van der Waals surface area contributed by atoms with Gasteiger partial charge in [-0.05, 0) is 31.0 Å². The molecule has 2 aromatic carbocycles. The average molecular weight is 305 g/mol. The molecule has 2 N–H and O–H groups in total. The summed E-state index contributed by atoms with van der Waals surface area (Å²) in [6, 6.07) is 19.5. The van der Waals surface area contributed by atoms with Crippen LogP contribution in [-0.4, -0.2) is 16.1 Å². The summed E-state index contributed by atoms with van der Waals surface area (Å²) in [6.07, 6.45) is 0. The summed E-state index contributed by atoms with van der Waals surface area (Å²) in [5.74, 6) is -0.157. The van der Waals surface area contributed by atoms with E-state index in [9.17, 15) is 4.79 Å². The predicted molar refractivity (Wildman–Crippen MR) is 91.1 cm³/mol. The SMILES string of the molecule is Cc1ccccc1[C@H](C)NC(=O)c1cc(-c2ccccc2)n[nH]1. The van der Waals surface area contributed by atoms with Gasteiger partial charge in [-0.3, -0.25) is 9.89 Å². The maximum atomic E-state index is 12.4. The molecular weight excluding hydrogens is 286 g/mol. The molecule has 0 saturated carbocycles. The number of benzene rings is 2.